The molecule has 90 valence electrons. The Kier molecular flexibility index (Phi) is 3.04. The van der Waals surface area contributed by atoms with Crippen LogP contribution in [0.25, 0.3) is 10.2 Å². The van der Waals surface area contributed by atoms with Gasteiger partial charge in [-0.25, -0.2) is 4.98 Å². The fourth-order valence-corrected chi connectivity index (χ4v) is 3.14. The molecule has 2 heterocycles. The maximum Gasteiger partial charge on any atom is 0.124 e. The van der Waals surface area contributed by atoms with Gasteiger partial charge in [0.05, 0.1) is 16.8 Å². The van der Waals surface area contributed by atoms with Crippen LogP contribution in [0.15, 0.2) is 18.2 Å². The largest absolute Gasteiger partial charge is 0.368 e. The number of rotatable bonds is 1. The van der Waals surface area contributed by atoms with E-state index in [1.165, 1.54) is 4.70 Å². The van der Waals surface area contributed by atoms with Crippen molar-refractivity contribution in [3.8, 4) is 0 Å². The van der Waals surface area contributed by atoms with Crippen molar-refractivity contribution in [1.29, 1.82) is 0 Å². The summed E-state index contributed by atoms with van der Waals surface area (Å²) in [5.74, 6) is 0. The number of morpholine rings is 1. The van der Waals surface area contributed by atoms with Crippen LogP contribution >= 0.6 is 22.9 Å². The zero-order chi connectivity index (χ0) is 11.8. The number of likely N-dealkylation sites (N-methyl/N-ethyl adjacent to an activating group) is 1. The van der Waals surface area contributed by atoms with E-state index in [4.69, 9.17) is 16.3 Å². The van der Waals surface area contributed by atoms with Crippen molar-refractivity contribution in [1.82, 2.24) is 9.88 Å². The molecule has 17 heavy (non-hydrogen) atoms. The zero-order valence-corrected chi connectivity index (χ0v) is 11.1. The van der Waals surface area contributed by atoms with Crippen molar-refractivity contribution < 1.29 is 4.74 Å². The first kappa shape index (κ1) is 11.4. The van der Waals surface area contributed by atoms with Crippen LogP contribution < -0.4 is 0 Å². The molecule has 0 amide bonds. The summed E-state index contributed by atoms with van der Waals surface area (Å²) in [5.41, 5.74) is 0.967. The Morgan fingerprint density at radius 1 is 1.53 bits per heavy atom. The van der Waals surface area contributed by atoms with Gasteiger partial charge in [-0.05, 0) is 25.2 Å². The molecular formula is C12H13ClN2OS. The van der Waals surface area contributed by atoms with Gasteiger partial charge in [0, 0.05) is 18.1 Å². The molecule has 2 aromatic rings. The number of nitrogens with zero attached hydrogens (tertiary/aromatic N) is 2. The minimum Gasteiger partial charge on any atom is -0.368 e. The molecule has 0 saturated carbocycles. The van der Waals surface area contributed by atoms with Crippen molar-refractivity contribution in [3.63, 3.8) is 0 Å². The summed E-state index contributed by atoms with van der Waals surface area (Å²) in [6.45, 7) is 2.68. The summed E-state index contributed by atoms with van der Waals surface area (Å²) in [5, 5.41) is 1.78. The van der Waals surface area contributed by atoms with E-state index in [1.54, 1.807) is 11.3 Å². The molecule has 1 aromatic heterocycles. The van der Waals surface area contributed by atoms with Crippen molar-refractivity contribution in [2.45, 2.75) is 6.10 Å². The quantitative estimate of drug-likeness (QED) is 0.795. The second kappa shape index (κ2) is 4.53. The van der Waals surface area contributed by atoms with Crippen LogP contribution in [0.4, 0.5) is 0 Å². The van der Waals surface area contributed by atoms with Crippen molar-refractivity contribution >= 4 is 33.2 Å². The second-order valence-corrected chi connectivity index (χ2v) is 5.78. The van der Waals surface area contributed by atoms with Crippen LogP contribution in [-0.4, -0.2) is 36.6 Å². The number of aromatic nitrogens is 1. The van der Waals surface area contributed by atoms with Crippen LogP contribution in [0.2, 0.25) is 5.02 Å². The Hall–Kier alpha value is -0.680. The first-order valence-corrected chi connectivity index (χ1v) is 6.78. The van der Waals surface area contributed by atoms with Gasteiger partial charge in [-0.1, -0.05) is 11.6 Å². The van der Waals surface area contributed by atoms with E-state index in [2.05, 4.69) is 16.9 Å². The monoisotopic (exact) mass is 268 g/mol. The molecule has 1 aromatic carbocycles. The van der Waals surface area contributed by atoms with Gasteiger partial charge in [0.1, 0.15) is 11.1 Å². The van der Waals surface area contributed by atoms with Crippen LogP contribution in [0.1, 0.15) is 11.1 Å². The van der Waals surface area contributed by atoms with E-state index >= 15 is 0 Å². The zero-order valence-electron chi connectivity index (χ0n) is 9.52. The molecule has 3 rings (SSSR count). The third-order valence-electron chi connectivity index (χ3n) is 2.91. The maximum atomic E-state index is 5.96. The fourth-order valence-electron chi connectivity index (χ4n) is 1.98. The minimum atomic E-state index is 0.102. The Morgan fingerprint density at radius 2 is 2.41 bits per heavy atom. The highest BCUT2D eigenvalue weighted by Crippen LogP contribution is 2.31. The first-order chi connectivity index (χ1) is 8.22. The van der Waals surface area contributed by atoms with Crippen LogP contribution in [-0.2, 0) is 4.74 Å². The molecular weight excluding hydrogens is 256 g/mol. The van der Waals surface area contributed by atoms with Crippen molar-refractivity contribution in [3.05, 3.63) is 28.2 Å². The highest BCUT2D eigenvalue weighted by Gasteiger charge is 2.22. The lowest BCUT2D eigenvalue weighted by Crippen LogP contribution is -2.35. The van der Waals surface area contributed by atoms with Gasteiger partial charge >= 0.3 is 0 Å². The summed E-state index contributed by atoms with van der Waals surface area (Å²) in [4.78, 5) is 6.89. The second-order valence-electron chi connectivity index (χ2n) is 4.29. The summed E-state index contributed by atoms with van der Waals surface area (Å²) in [6, 6.07) is 5.83. The lowest BCUT2D eigenvalue weighted by Gasteiger charge is -2.28. The van der Waals surface area contributed by atoms with Gasteiger partial charge in [0.15, 0.2) is 0 Å². The topological polar surface area (TPSA) is 25.4 Å². The number of thiazole rings is 1. The minimum absolute atomic E-state index is 0.102. The molecule has 1 fully saturated rings. The normalized spacial score (nSPS) is 22.1. The average molecular weight is 269 g/mol. The molecule has 1 atom stereocenters. The Balaban J connectivity index is 1.94. The number of hydrogen-bond donors (Lipinski definition) is 0. The number of ether oxygens (including phenoxy) is 1. The maximum absolute atomic E-state index is 5.96. The SMILES string of the molecule is CN1CCOC(c2nc3cc(Cl)ccc3s2)C1. The van der Waals surface area contributed by atoms with Crippen molar-refractivity contribution in [2.75, 3.05) is 26.7 Å². The van der Waals surface area contributed by atoms with E-state index in [0.717, 1.165) is 35.2 Å². The molecule has 0 bridgehead atoms. The van der Waals surface area contributed by atoms with Crippen LogP contribution in [0.3, 0.4) is 0 Å². The number of halogens is 1. The van der Waals surface area contributed by atoms with E-state index in [1.807, 2.05) is 18.2 Å². The molecule has 1 unspecified atom stereocenters. The lowest BCUT2D eigenvalue weighted by atomic mass is 10.3. The van der Waals surface area contributed by atoms with Gasteiger partial charge in [0.25, 0.3) is 0 Å². The third-order valence-corrected chi connectivity index (χ3v) is 4.27. The van der Waals surface area contributed by atoms with Crippen molar-refractivity contribution in [2.24, 2.45) is 0 Å². The first-order valence-electron chi connectivity index (χ1n) is 5.58. The number of benzene rings is 1. The highest BCUT2D eigenvalue weighted by atomic mass is 35.5. The van der Waals surface area contributed by atoms with E-state index in [9.17, 15) is 0 Å². The number of hydrogen-bond acceptors (Lipinski definition) is 4. The Labute approximate surface area is 109 Å². The van der Waals surface area contributed by atoms with Gasteiger partial charge in [-0.15, -0.1) is 11.3 Å². The van der Waals surface area contributed by atoms with E-state index < -0.39 is 0 Å². The predicted octanol–water partition coefficient (Wildman–Crippen LogP) is 2.95. The molecule has 3 nitrogen and oxygen atoms in total. The summed E-state index contributed by atoms with van der Waals surface area (Å²) in [7, 11) is 2.11. The molecule has 0 spiro atoms. The Bertz CT molecular complexity index is 542. The fraction of sp³-hybridized carbons (Fsp3) is 0.417. The molecule has 0 aliphatic carbocycles. The van der Waals surface area contributed by atoms with Gasteiger partial charge in [-0.3, -0.25) is 0 Å². The molecule has 0 N–H and O–H groups in total. The third kappa shape index (κ3) is 2.31. The highest BCUT2D eigenvalue weighted by molar-refractivity contribution is 7.18. The summed E-state index contributed by atoms with van der Waals surface area (Å²) in [6.07, 6.45) is 0.102. The average Bonchev–Trinajstić information content (AvgIpc) is 2.72. The number of fused-ring (bicyclic) bond motifs is 1. The smallest absolute Gasteiger partial charge is 0.124 e. The van der Waals surface area contributed by atoms with Crippen LogP contribution in [0, 0.1) is 0 Å². The van der Waals surface area contributed by atoms with Gasteiger partial charge < -0.3 is 9.64 Å². The summed E-state index contributed by atoms with van der Waals surface area (Å²) >= 11 is 7.66. The Morgan fingerprint density at radius 3 is 3.24 bits per heavy atom. The van der Waals surface area contributed by atoms with E-state index in [0.29, 0.717) is 0 Å². The lowest BCUT2D eigenvalue weighted by molar-refractivity contribution is -0.0208. The predicted molar refractivity (Wildman–Crippen MR) is 70.8 cm³/mol. The van der Waals surface area contributed by atoms with E-state index in [-0.39, 0.29) is 6.10 Å². The molecule has 0 radical (unpaired) electrons. The molecule has 5 heteroatoms. The van der Waals surface area contributed by atoms with Gasteiger partial charge in [0.2, 0.25) is 0 Å². The molecule has 1 aliphatic rings. The molecule has 1 aliphatic heterocycles. The van der Waals surface area contributed by atoms with Gasteiger partial charge in [-0.2, -0.15) is 0 Å². The van der Waals surface area contributed by atoms with Crippen LogP contribution in [0.5, 0.6) is 0 Å². The summed E-state index contributed by atoms with van der Waals surface area (Å²) < 4.78 is 6.94. The molecule has 1 saturated heterocycles. The standard InChI is InChI=1S/C12H13ClN2OS/c1-15-4-5-16-10(7-15)12-14-9-6-8(13)2-3-11(9)17-12/h2-3,6,10H,4-5,7H2,1H3.